The van der Waals surface area contributed by atoms with Crippen LogP contribution in [0.15, 0.2) is 29.3 Å². The highest BCUT2D eigenvalue weighted by Crippen LogP contribution is 2.25. The van der Waals surface area contributed by atoms with Crippen molar-refractivity contribution in [3.63, 3.8) is 0 Å². The normalized spacial score (nSPS) is 21.1. The quantitative estimate of drug-likeness (QED) is 0.436. The summed E-state index contributed by atoms with van der Waals surface area (Å²) in [5, 5.41) is 3.39. The topological polar surface area (TPSA) is 46.1 Å². The minimum absolute atomic E-state index is 0.0823. The number of benzene rings is 1. The van der Waals surface area contributed by atoms with Gasteiger partial charge in [0.15, 0.2) is 5.96 Å². The van der Waals surface area contributed by atoms with Gasteiger partial charge in [-0.1, -0.05) is 12.1 Å². The van der Waals surface area contributed by atoms with E-state index in [1.807, 2.05) is 6.92 Å². The Morgan fingerprint density at radius 3 is 2.73 bits per heavy atom. The number of nitrogens with one attached hydrogen (secondary N) is 1. The lowest BCUT2D eigenvalue weighted by atomic mass is 10.1. The highest BCUT2D eigenvalue weighted by Gasteiger charge is 2.28. The van der Waals surface area contributed by atoms with Gasteiger partial charge in [0.1, 0.15) is 11.9 Å². The molecule has 0 spiro atoms. The summed E-state index contributed by atoms with van der Waals surface area (Å²) in [4.78, 5) is 7.02. The fourth-order valence-electron chi connectivity index (χ4n) is 3.06. The van der Waals surface area contributed by atoms with Crippen LogP contribution in [0.1, 0.15) is 45.3 Å². The summed E-state index contributed by atoms with van der Waals surface area (Å²) in [6, 6.07) is 6.57. The summed E-state index contributed by atoms with van der Waals surface area (Å²) in [5.74, 6) is 0.697. The molecule has 0 bridgehead atoms. The molecule has 0 aromatic heterocycles. The number of ether oxygens (including phenoxy) is 2. The van der Waals surface area contributed by atoms with Crippen molar-refractivity contribution in [2.24, 2.45) is 4.99 Å². The van der Waals surface area contributed by atoms with Gasteiger partial charge in [-0.15, -0.1) is 0 Å². The van der Waals surface area contributed by atoms with Crippen LogP contribution in [0, 0.1) is 5.82 Å². The van der Waals surface area contributed by atoms with Crippen LogP contribution in [-0.2, 0) is 9.47 Å². The highest BCUT2D eigenvalue weighted by molar-refractivity contribution is 5.80. The van der Waals surface area contributed by atoms with Crippen molar-refractivity contribution in [2.75, 3.05) is 39.4 Å². The second-order valence-electron chi connectivity index (χ2n) is 6.53. The average Bonchev–Trinajstić information content (AvgIpc) is 2.63. The van der Waals surface area contributed by atoms with Gasteiger partial charge in [-0.3, -0.25) is 4.99 Å². The van der Waals surface area contributed by atoms with Crippen molar-refractivity contribution < 1.29 is 13.9 Å². The Hall–Kier alpha value is -1.66. The number of halogens is 1. The van der Waals surface area contributed by atoms with Crippen LogP contribution in [-0.4, -0.2) is 56.4 Å². The Kier molecular flexibility index (Phi) is 8.85. The number of rotatable bonds is 8. The molecule has 1 aromatic carbocycles. The summed E-state index contributed by atoms with van der Waals surface area (Å²) >= 11 is 0. The highest BCUT2D eigenvalue weighted by atomic mass is 19.1. The molecule has 1 N–H and O–H groups in total. The maximum atomic E-state index is 13.2. The van der Waals surface area contributed by atoms with Gasteiger partial charge in [0, 0.05) is 32.8 Å². The molecule has 26 heavy (non-hydrogen) atoms. The molecule has 0 radical (unpaired) electrons. The van der Waals surface area contributed by atoms with E-state index in [0.717, 1.165) is 57.2 Å². The molecule has 1 fully saturated rings. The van der Waals surface area contributed by atoms with E-state index in [1.54, 1.807) is 12.1 Å². The number of aliphatic imine (C=N–C) groups is 1. The fraction of sp³-hybridized carbons (Fsp3) is 0.650. The summed E-state index contributed by atoms with van der Waals surface area (Å²) in [5.41, 5.74) is 0.996. The molecule has 1 heterocycles. The Labute approximate surface area is 156 Å². The van der Waals surface area contributed by atoms with Gasteiger partial charge in [-0.25, -0.2) is 4.39 Å². The lowest BCUT2D eigenvalue weighted by Crippen LogP contribution is -2.50. The van der Waals surface area contributed by atoms with Gasteiger partial charge in [0.05, 0.1) is 12.6 Å². The number of morpholine rings is 1. The second-order valence-corrected chi connectivity index (χ2v) is 6.53. The molecule has 2 unspecified atom stereocenters. The van der Waals surface area contributed by atoms with Crippen LogP contribution in [0.5, 0.6) is 0 Å². The van der Waals surface area contributed by atoms with Crippen LogP contribution >= 0.6 is 0 Å². The van der Waals surface area contributed by atoms with Crippen molar-refractivity contribution in [3.05, 3.63) is 35.6 Å². The van der Waals surface area contributed by atoms with Gasteiger partial charge in [0.2, 0.25) is 0 Å². The zero-order valence-corrected chi connectivity index (χ0v) is 16.2. The monoisotopic (exact) mass is 365 g/mol. The maximum absolute atomic E-state index is 13.2. The molecule has 1 aliphatic heterocycles. The number of unbranched alkanes of at least 4 members (excludes halogenated alkanes) is 1. The number of guanidine groups is 1. The van der Waals surface area contributed by atoms with Crippen molar-refractivity contribution in [3.8, 4) is 0 Å². The van der Waals surface area contributed by atoms with E-state index in [1.165, 1.54) is 12.1 Å². The van der Waals surface area contributed by atoms with Crippen molar-refractivity contribution in [2.45, 2.75) is 45.8 Å². The SMILES string of the molecule is CCNC(=NCCCCOCC)N1CC(C)OC(c2ccc(F)cc2)C1. The standard InChI is InChI=1S/C20H32FN3O2/c1-4-22-20(23-12-6-7-13-25-5-2)24-14-16(3)26-19(15-24)17-8-10-18(21)11-9-17/h8-11,16,19H,4-7,12-15H2,1-3H3,(H,22,23). The lowest BCUT2D eigenvalue weighted by molar-refractivity contribution is -0.0605. The average molecular weight is 365 g/mol. The van der Waals surface area contributed by atoms with Crippen LogP contribution in [0.2, 0.25) is 0 Å². The Morgan fingerprint density at radius 2 is 2.04 bits per heavy atom. The summed E-state index contributed by atoms with van der Waals surface area (Å²) in [6.07, 6.45) is 2.03. The third-order valence-corrected chi connectivity index (χ3v) is 4.30. The number of hydrogen-bond donors (Lipinski definition) is 1. The Bertz CT molecular complexity index is 550. The van der Waals surface area contributed by atoms with Gasteiger partial charge < -0.3 is 19.7 Å². The zero-order chi connectivity index (χ0) is 18.8. The number of hydrogen-bond acceptors (Lipinski definition) is 3. The molecule has 6 heteroatoms. The molecule has 2 rings (SSSR count). The van der Waals surface area contributed by atoms with Crippen molar-refractivity contribution in [1.82, 2.24) is 10.2 Å². The first-order valence-electron chi connectivity index (χ1n) is 9.66. The molecule has 1 aromatic rings. The molecule has 146 valence electrons. The molecular weight excluding hydrogens is 333 g/mol. The predicted molar refractivity (Wildman–Crippen MR) is 103 cm³/mol. The van der Waals surface area contributed by atoms with Crippen LogP contribution < -0.4 is 5.32 Å². The minimum atomic E-state index is -0.226. The minimum Gasteiger partial charge on any atom is -0.382 e. The summed E-state index contributed by atoms with van der Waals surface area (Å²) < 4.78 is 24.6. The lowest BCUT2D eigenvalue weighted by Gasteiger charge is -2.38. The Morgan fingerprint density at radius 1 is 1.27 bits per heavy atom. The van der Waals surface area contributed by atoms with Crippen molar-refractivity contribution >= 4 is 5.96 Å². The zero-order valence-electron chi connectivity index (χ0n) is 16.2. The molecule has 0 saturated carbocycles. The third kappa shape index (κ3) is 6.57. The first kappa shape index (κ1) is 20.6. The van der Waals surface area contributed by atoms with Gasteiger partial charge in [-0.2, -0.15) is 0 Å². The van der Waals surface area contributed by atoms with E-state index >= 15 is 0 Å². The van der Waals surface area contributed by atoms with Gasteiger partial charge >= 0.3 is 0 Å². The van der Waals surface area contributed by atoms with E-state index in [-0.39, 0.29) is 18.0 Å². The second kappa shape index (κ2) is 11.1. The van der Waals surface area contributed by atoms with E-state index in [9.17, 15) is 4.39 Å². The van der Waals surface area contributed by atoms with Crippen LogP contribution in [0.3, 0.4) is 0 Å². The van der Waals surface area contributed by atoms with Gasteiger partial charge in [-0.05, 0) is 51.3 Å². The first-order chi connectivity index (χ1) is 12.6. The summed E-state index contributed by atoms with van der Waals surface area (Å²) in [6.45, 7) is 10.8. The maximum Gasteiger partial charge on any atom is 0.194 e. The third-order valence-electron chi connectivity index (χ3n) is 4.30. The van der Waals surface area contributed by atoms with Crippen LogP contribution in [0.4, 0.5) is 4.39 Å². The summed E-state index contributed by atoms with van der Waals surface area (Å²) in [7, 11) is 0. The van der Waals surface area contributed by atoms with Crippen LogP contribution in [0.25, 0.3) is 0 Å². The molecule has 2 atom stereocenters. The number of nitrogens with zero attached hydrogens (tertiary/aromatic N) is 2. The van der Waals surface area contributed by atoms with Crippen molar-refractivity contribution in [1.29, 1.82) is 0 Å². The fourth-order valence-corrected chi connectivity index (χ4v) is 3.06. The smallest absolute Gasteiger partial charge is 0.194 e. The first-order valence-corrected chi connectivity index (χ1v) is 9.66. The Balaban J connectivity index is 1.98. The molecule has 0 amide bonds. The largest absolute Gasteiger partial charge is 0.382 e. The predicted octanol–water partition coefficient (Wildman–Crippen LogP) is 3.37. The van der Waals surface area contributed by atoms with E-state index in [4.69, 9.17) is 14.5 Å². The van der Waals surface area contributed by atoms with E-state index < -0.39 is 0 Å². The molecule has 5 nitrogen and oxygen atoms in total. The molecule has 0 aliphatic carbocycles. The molecular formula is C20H32FN3O2. The van der Waals surface area contributed by atoms with Gasteiger partial charge in [0.25, 0.3) is 0 Å². The molecule has 1 saturated heterocycles. The van der Waals surface area contributed by atoms with E-state index in [0.29, 0.717) is 6.54 Å². The van der Waals surface area contributed by atoms with E-state index in [2.05, 4.69) is 24.1 Å². The molecule has 1 aliphatic rings.